The van der Waals surface area contributed by atoms with E-state index >= 15 is 0 Å². The highest BCUT2D eigenvalue weighted by Crippen LogP contribution is 2.26. The van der Waals surface area contributed by atoms with Crippen LogP contribution in [0.1, 0.15) is 220 Å². The van der Waals surface area contributed by atoms with Crippen LogP contribution >= 0.6 is 0 Å². The summed E-state index contributed by atoms with van der Waals surface area (Å²) in [6, 6.07) is -1.04. The molecule has 0 aromatic carbocycles. The largest absolute Gasteiger partial charge is 0.454 e. The Bertz CT molecular complexity index is 1390. The average Bonchev–Trinajstić information content (AvgIpc) is 3.34. The zero-order chi connectivity index (χ0) is 50.4. The van der Waals surface area contributed by atoms with Crippen molar-refractivity contribution < 1.29 is 49.3 Å². The Morgan fingerprint density at radius 3 is 1.54 bits per heavy atom. The van der Waals surface area contributed by atoms with Gasteiger partial charge in [-0.1, -0.05) is 196 Å². The molecule has 0 aromatic heterocycles. The topological polar surface area (TPSA) is 175 Å². The molecule has 1 saturated heterocycles. The second-order valence-corrected chi connectivity index (χ2v) is 19.0. The van der Waals surface area contributed by atoms with Crippen molar-refractivity contribution in [3.63, 3.8) is 0 Å². The monoisotopic (exact) mass is 972 g/mol. The zero-order valence-corrected chi connectivity index (χ0v) is 43.7. The zero-order valence-electron chi connectivity index (χ0n) is 43.7. The molecule has 1 aliphatic rings. The first-order chi connectivity index (χ1) is 33.7. The Kier molecular flexibility index (Phi) is 42.9. The van der Waals surface area contributed by atoms with Gasteiger partial charge in [0.1, 0.15) is 24.4 Å². The highest BCUT2D eigenvalue weighted by molar-refractivity contribution is 5.80. The lowest BCUT2D eigenvalue weighted by molar-refractivity contribution is -0.305. The van der Waals surface area contributed by atoms with Gasteiger partial charge >= 0.3 is 5.97 Å². The maximum absolute atomic E-state index is 13.3. The Hall–Kier alpha value is -2.90. The standard InChI is InChI=1S/C58H101NO10/c1-4-7-10-13-16-19-22-24-25-26-27-28-31-34-37-40-43-46-53(63)69-56-55(65)54(64)52(47-60)68-58(56)67-48-49(50(61)44-41-38-35-32-29-21-18-15-12-9-6-3)59-57(66)51(62)45-42-39-36-33-30-23-20-17-14-11-8-5-2/h16,19,24-25,27-28,30,33-34,37,41,44,49-52,54-56,58,60-62,64-65H,4-15,17-18,20-23,26,29,31-32,35-36,38-40,42-43,45-48H2,1-3H3,(H,59,66)/b19-16-,25-24-,28-27-,33-30-,37-34-,44-41+. The van der Waals surface area contributed by atoms with Gasteiger partial charge in [0.05, 0.1) is 25.4 Å². The molecule has 1 amide bonds. The molecule has 0 saturated carbocycles. The summed E-state index contributed by atoms with van der Waals surface area (Å²) >= 11 is 0. The van der Waals surface area contributed by atoms with Gasteiger partial charge in [0.15, 0.2) is 12.4 Å². The van der Waals surface area contributed by atoms with E-state index in [0.717, 1.165) is 70.6 Å². The van der Waals surface area contributed by atoms with Crippen molar-refractivity contribution in [1.29, 1.82) is 0 Å². The third kappa shape index (κ3) is 35.0. The molecule has 8 unspecified atom stereocenters. The van der Waals surface area contributed by atoms with E-state index in [2.05, 4.69) is 74.7 Å². The molecule has 1 fully saturated rings. The van der Waals surface area contributed by atoms with Gasteiger partial charge in [-0.15, -0.1) is 0 Å². The highest BCUT2D eigenvalue weighted by atomic mass is 16.7. The SMILES string of the molecule is CCCCC/C=C\C/C=C\C/C=C\C/C=C\CCCC(=O)OC1C(OCC(NC(=O)C(O)CCCC/C=C\CCCCCCCC)C(O)/C=C/CCCCCCCCCCC)OC(CO)C(O)C1O. The number of allylic oxidation sites excluding steroid dienone is 11. The highest BCUT2D eigenvalue weighted by Gasteiger charge is 2.47. The van der Waals surface area contributed by atoms with Crippen molar-refractivity contribution >= 4 is 11.9 Å². The van der Waals surface area contributed by atoms with Crippen LogP contribution in [0.4, 0.5) is 0 Å². The van der Waals surface area contributed by atoms with Gasteiger partial charge in [-0.2, -0.15) is 0 Å². The Morgan fingerprint density at radius 1 is 0.565 bits per heavy atom. The van der Waals surface area contributed by atoms with Crippen molar-refractivity contribution in [3.8, 4) is 0 Å². The van der Waals surface area contributed by atoms with Crippen LogP contribution in [0.5, 0.6) is 0 Å². The summed E-state index contributed by atoms with van der Waals surface area (Å²) in [6.07, 6.45) is 46.7. The molecule has 69 heavy (non-hydrogen) atoms. The normalized spacial score (nSPS) is 20.4. The van der Waals surface area contributed by atoms with Crippen LogP contribution < -0.4 is 5.32 Å². The number of ether oxygens (including phenoxy) is 3. The summed E-state index contributed by atoms with van der Waals surface area (Å²) in [7, 11) is 0. The van der Waals surface area contributed by atoms with Crippen molar-refractivity contribution in [2.24, 2.45) is 0 Å². The van der Waals surface area contributed by atoms with E-state index in [9.17, 15) is 35.1 Å². The van der Waals surface area contributed by atoms with E-state index in [1.54, 1.807) is 6.08 Å². The van der Waals surface area contributed by atoms with Crippen LogP contribution in [0.25, 0.3) is 0 Å². The number of hydrogen-bond donors (Lipinski definition) is 6. The summed E-state index contributed by atoms with van der Waals surface area (Å²) in [5.74, 6) is -1.28. The van der Waals surface area contributed by atoms with Crippen LogP contribution in [-0.2, 0) is 23.8 Å². The molecule has 8 atom stereocenters. The van der Waals surface area contributed by atoms with Gasteiger partial charge in [-0.3, -0.25) is 9.59 Å². The molecule has 0 aliphatic carbocycles. The summed E-state index contributed by atoms with van der Waals surface area (Å²) in [5, 5.41) is 56.6. The van der Waals surface area contributed by atoms with Crippen molar-refractivity contribution in [1.82, 2.24) is 5.32 Å². The molecule has 0 radical (unpaired) electrons. The molecule has 1 aliphatic heterocycles. The van der Waals surface area contributed by atoms with Crippen molar-refractivity contribution in [3.05, 3.63) is 72.9 Å². The molecular weight excluding hydrogens is 871 g/mol. The van der Waals surface area contributed by atoms with E-state index in [4.69, 9.17) is 14.2 Å². The molecule has 398 valence electrons. The molecule has 11 nitrogen and oxygen atoms in total. The molecule has 0 bridgehead atoms. The number of carbonyl (C=O) groups is 2. The minimum absolute atomic E-state index is 0.0437. The Morgan fingerprint density at radius 2 is 1.00 bits per heavy atom. The lowest BCUT2D eigenvalue weighted by Crippen LogP contribution is -2.61. The average molecular weight is 972 g/mol. The smallest absolute Gasteiger partial charge is 0.306 e. The third-order valence-electron chi connectivity index (χ3n) is 12.6. The van der Waals surface area contributed by atoms with Crippen molar-refractivity contribution in [2.45, 2.75) is 269 Å². The third-order valence-corrected chi connectivity index (χ3v) is 12.6. The molecule has 0 aromatic rings. The van der Waals surface area contributed by atoms with Crippen LogP contribution in [0.15, 0.2) is 72.9 Å². The summed E-state index contributed by atoms with van der Waals surface area (Å²) < 4.78 is 17.5. The number of hydrogen-bond acceptors (Lipinski definition) is 10. The lowest BCUT2D eigenvalue weighted by Gasteiger charge is -2.41. The first-order valence-electron chi connectivity index (χ1n) is 27.7. The van der Waals surface area contributed by atoms with Gasteiger partial charge in [0.2, 0.25) is 5.91 Å². The number of nitrogens with one attached hydrogen (secondary N) is 1. The molecular formula is C58H101NO10. The predicted molar refractivity (Wildman–Crippen MR) is 283 cm³/mol. The fraction of sp³-hybridized carbons (Fsp3) is 0.759. The lowest BCUT2D eigenvalue weighted by atomic mass is 9.99. The predicted octanol–water partition coefficient (Wildman–Crippen LogP) is 12.1. The van der Waals surface area contributed by atoms with E-state index in [0.29, 0.717) is 19.3 Å². The number of rotatable bonds is 45. The van der Waals surface area contributed by atoms with Crippen LogP contribution in [0.3, 0.4) is 0 Å². The first kappa shape index (κ1) is 64.1. The van der Waals surface area contributed by atoms with Crippen molar-refractivity contribution in [2.75, 3.05) is 13.2 Å². The molecule has 1 rings (SSSR count). The van der Waals surface area contributed by atoms with Gasteiger partial charge in [0, 0.05) is 6.42 Å². The number of aliphatic hydroxyl groups is 5. The Balaban J connectivity index is 2.79. The summed E-state index contributed by atoms with van der Waals surface area (Å²) in [6.45, 7) is 5.67. The first-order valence-corrected chi connectivity index (χ1v) is 27.7. The summed E-state index contributed by atoms with van der Waals surface area (Å²) in [4.78, 5) is 26.4. The van der Waals surface area contributed by atoms with Gasteiger partial charge in [-0.25, -0.2) is 0 Å². The van der Waals surface area contributed by atoms with E-state index in [1.165, 1.54) is 96.3 Å². The maximum atomic E-state index is 13.3. The number of esters is 1. The Labute approximate surface area is 420 Å². The number of unbranched alkanes of at least 4 members (excludes halogenated alkanes) is 21. The minimum Gasteiger partial charge on any atom is -0.454 e. The van der Waals surface area contributed by atoms with Crippen LogP contribution in [-0.4, -0.2) is 99.6 Å². The quantitative estimate of drug-likeness (QED) is 0.0196. The molecule has 11 heteroatoms. The van der Waals surface area contributed by atoms with Crippen LogP contribution in [0.2, 0.25) is 0 Å². The second-order valence-electron chi connectivity index (χ2n) is 19.0. The second kappa shape index (κ2) is 46.2. The fourth-order valence-electron chi connectivity index (χ4n) is 8.11. The number of aliphatic hydroxyl groups excluding tert-OH is 5. The van der Waals surface area contributed by atoms with E-state index < -0.39 is 67.4 Å². The maximum Gasteiger partial charge on any atom is 0.306 e. The van der Waals surface area contributed by atoms with E-state index in [1.807, 2.05) is 18.2 Å². The van der Waals surface area contributed by atoms with E-state index in [-0.39, 0.29) is 19.4 Å². The fourth-order valence-corrected chi connectivity index (χ4v) is 8.11. The number of amides is 1. The van der Waals surface area contributed by atoms with Gasteiger partial charge in [-0.05, 0) is 89.9 Å². The van der Waals surface area contributed by atoms with Gasteiger partial charge in [0.25, 0.3) is 0 Å². The van der Waals surface area contributed by atoms with Crippen LogP contribution in [0, 0.1) is 0 Å². The molecule has 0 spiro atoms. The number of carbonyl (C=O) groups excluding carboxylic acids is 2. The summed E-state index contributed by atoms with van der Waals surface area (Å²) in [5.41, 5.74) is 0. The molecule has 1 heterocycles. The minimum atomic E-state index is -1.64. The van der Waals surface area contributed by atoms with Gasteiger partial charge < -0.3 is 45.1 Å². The molecule has 6 N–H and O–H groups in total.